The summed E-state index contributed by atoms with van der Waals surface area (Å²) in [5, 5.41) is 26.0. The van der Waals surface area contributed by atoms with Crippen LogP contribution in [0.3, 0.4) is 0 Å². The molecule has 0 saturated carbocycles. The summed E-state index contributed by atoms with van der Waals surface area (Å²) in [5.74, 6) is 2.25. The van der Waals surface area contributed by atoms with Crippen molar-refractivity contribution in [2.45, 2.75) is 39.0 Å². The van der Waals surface area contributed by atoms with Crippen LogP contribution < -0.4 is 10.6 Å². The molecule has 0 aliphatic carbocycles. The van der Waals surface area contributed by atoms with E-state index in [9.17, 15) is 5.11 Å². The molecule has 9 nitrogen and oxygen atoms in total. The number of hydrogen-bond acceptors (Lipinski definition) is 6. The van der Waals surface area contributed by atoms with E-state index < -0.39 is 5.60 Å². The molecule has 3 rings (SSSR count). The number of benzene rings is 1. The Kier molecular flexibility index (Phi) is 10.3. The van der Waals surface area contributed by atoms with Crippen LogP contribution in [0.25, 0.3) is 0 Å². The van der Waals surface area contributed by atoms with E-state index in [4.69, 9.17) is 9.73 Å². The molecular formula is C22H36IN7O2. The number of aromatic nitrogens is 3. The number of ether oxygens (including phenoxy) is 1. The van der Waals surface area contributed by atoms with Crippen molar-refractivity contribution in [2.75, 3.05) is 39.4 Å². The first-order valence-corrected chi connectivity index (χ1v) is 10.8. The Labute approximate surface area is 207 Å². The van der Waals surface area contributed by atoms with Crippen LogP contribution in [0.4, 0.5) is 0 Å². The van der Waals surface area contributed by atoms with E-state index >= 15 is 0 Å². The first kappa shape index (κ1) is 26.5. The van der Waals surface area contributed by atoms with Gasteiger partial charge in [-0.25, -0.2) is 4.99 Å². The molecule has 3 N–H and O–H groups in total. The molecule has 2 heterocycles. The molecule has 1 aliphatic rings. The van der Waals surface area contributed by atoms with Crippen LogP contribution in [-0.2, 0) is 18.3 Å². The van der Waals surface area contributed by atoms with Gasteiger partial charge in [-0.05, 0) is 26.3 Å². The molecule has 1 aromatic carbocycles. The zero-order chi connectivity index (χ0) is 22.3. The van der Waals surface area contributed by atoms with Crippen molar-refractivity contribution in [3.63, 3.8) is 0 Å². The third kappa shape index (κ3) is 7.98. The molecule has 0 radical (unpaired) electrons. The van der Waals surface area contributed by atoms with Gasteiger partial charge in [0.05, 0.1) is 24.9 Å². The molecule has 10 heteroatoms. The van der Waals surface area contributed by atoms with Crippen LogP contribution in [0.5, 0.6) is 0 Å². The number of nitrogens with zero attached hydrogens (tertiary/aromatic N) is 5. The van der Waals surface area contributed by atoms with Crippen molar-refractivity contribution < 1.29 is 9.84 Å². The fourth-order valence-corrected chi connectivity index (χ4v) is 3.49. The second kappa shape index (κ2) is 12.5. The van der Waals surface area contributed by atoms with E-state index in [-0.39, 0.29) is 30.0 Å². The number of aryl methyl sites for hydroxylation is 1. The predicted octanol–water partition coefficient (Wildman–Crippen LogP) is 1.62. The molecule has 178 valence electrons. The van der Waals surface area contributed by atoms with Gasteiger partial charge in [0, 0.05) is 33.2 Å². The lowest BCUT2D eigenvalue weighted by molar-refractivity contribution is -0.0201. The number of aliphatic imine (C=N–C) groups is 1. The molecule has 1 fully saturated rings. The van der Waals surface area contributed by atoms with Gasteiger partial charge in [-0.3, -0.25) is 4.90 Å². The third-order valence-corrected chi connectivity index (χ3v) is 5.52. The molecule has 1 aromatic heterocycles. The van der Waals surface area contributed by atoms with Crippen molar-refractivity contribution in [3.8, 4) is 0 Å². The molecule has 0 amide bonds. The van der Waals surface area contributed by atoms with E-state index in [0.29, 0.717) is 38.8 Å². The van der Waals surface area contributed by atoms with Gasteiger partial charge in [0.15, 0.2) is 11.8 Å². The molecule has 2 atom stereocenters. The van der Waals surface area contributed by atoms with E-state index in [0.717, 1.165) is 30.3 Å². The summed E-state index contributed by atoms with van der Waals surface area (Å²) in [6.45, 7) is 10.3. The maximum Gasteiger partial charge on any atom is 0.192 e. The fraction of sp³-hybridized carbons (Fsp3) is 0.591. The monoisotopic (exact) mass is 557 g/mol. The number of rotatable bonds is 8. The van der Waals surface area contributed by atoms with E-state index in [1.807, 2.05) is 43.7 Å². The highest BCUT2D eigenvalue weighted by Crippen LogP contribution is 2.12. The number of halogens is 1. The number of β-amino-alcohol motifs (C(OH)–C–C–N with tert-alkyl or cyclic N) is 1. The van der Waals surface area contributed by atoms with Gasteiger partial charge >= 0.3 is 0 Å². The van der Waals surface area contributed by atoms with Crippen molar-refractivity contribution in [1.82, 2.24) is 30.3 Å². The third-order valence-electron chi connectivity index (χ3n) is 5.52. The standard InChI is InChI=1S/C22H35N7O2.HI/c1-17(19-8-6-5-7-9-19)25-21(23-14-20-27-26-18(2)28(20)4)24-15-22(3,30)16-29-10-12-31-13-11-29;/h5-9,17,30H,10-16H2,1-4H3,(H2,23,24,25);1H. The highest BCUT2D eigenvalue weighted by Gasteiger charge is 2.26. The molecule has 2 aromatic rings. The van der Waals surface area contributed by atoms with Crippen LogP contribution in [0, 0.1) is 6.92 Å². The van der Waals surface area contributed by atoms with Crippen molar-refractivity contribution >= 4 is 29.9 Å². The summed E-state index contributed by atoms with van der Waals surface area (Å²) >= 11 is 0. The van der Waals surface area contributed by atoms with Crippen LogP contribution in [0.2, 0.25) is 0 Å². The summed E-state index contributed by atoms with van der Waals surface area (Å²) in [6.07, 6.45) is 0. The zero-order valence-electron chi connectivity index (χ0n) is 19.4. The average Bonchev–Trinajstić information content (AvgIpc) is 3.08. The van der Waals surface area contributed by atoms with Gasteiger partial charge in [-0.2, -0.15) is 0 Å². The lowest BCUT2D eigenvalue weighted by atomic mass is 10.1. The SMILES string of the molecule is Cc1nnc(CN=C(NCC(C)(O)CN2CCOCC2)NC(C)c2ccccc2)n1C.I. The van der Waals surface area contributed by atoms with Crippen LogP contribution in [0.1, 0.15) is 37.1 Å². The van der Waals surface area contributed by atoms with Gasteiger partial charge in [0.1, 0.15) is 12.4 Å². The Balaban J connectivity index is 0.00000363. The van der Waals surface area contributed by atoms with Crippen LogP contribution in [0.15, 0.2) is 35.3 Å². The Morgan fingerprint density at radius 3 is 2.56 bits per heavy atom. The second-order valence-electron chi connectivity index (χ2n) is 8.40. The van der Waals surface area contributed by atoms with Crippen LogP contribution >= 0.6 is 24.0 Å². The zero-order valence-corrected chi connectivity index (χ0v) is 21.7. The number of hydrogen-bond donors (Lipinski definition) is 3. The molecular weight excluding hydrogens is 521 g/mol. The minimum absolute atomic E-state index is 0. The Morgan fingerprint density at radius 2 is 1.94 bits per heavy atom. The van der Waals surface area contributed by atoms with Gasteiger partial charge in [0.25, 0.3) is 0 Å². The molecule has 0 spiro atoms. The first-order valence-electron chi connectivity index (χ1n) is 10.8. The van der Waals surface area contributed by atoms with Gasteiger partial charge in [-0.1, -0.05) is 30.3 Å². The number of morpholine rings is 1. The smallest absolute Gasteiger partial charge is 0.192 e. The Hall–Kier alpha value is -1.76. The Morgan fingerprint density at radius 1 is 1.25 bits per heavy atom. The fourth-order valence-electron chi connectivity index (χ4n) is 3.49. The lowest BCUT2D eigenvalue weighted by Crippen LogP contribution is -2.53. The van der Waals surface area contributed by atoms with E-state index in [1.165, 1.54) is 0 Å². The molecule has 2 unspecified atom stereocenters. The molecule has 1 saturated heterocycles. The van der Waals surface area contributed by atoms with Crippen molar-refractivity contribution in [1.29, 1.82) is 0 Å². The van der Waals surface area contributed by atoms with Crippen molar-refractivity contribution in [2.24, 2.45) is 12.0 Å². The van der Waals surface area contributed by atoms with Crippen LogP contribution in [-0.4, -0.2) is 75.7 Å². The normalized spacial score (nSPS) is 17.8. The largest absolute Gasteiger partial charge is 0.387 e. The minimum Gasteiger partial charge on any atom is -0.387 e. The quantitative estimate of drug-likeness (QED) is 0.258. The highest BCUT2D eigenvalue weighted by atomic mass is 127. The predicted molar refractivity (Wildman–Crippen MR) is 136 cm³/mol. The summed E-state index contributed by atoms with van der Waals surface area (Å²) in [6, 6.07) is 10.3. The average molecular weight is 557 g/mol. The number of nitrogens with one attached hydrogen (secondary N) is 2. The Bertz CT molecular complexity index is 851. The summed E-state index contributed by atoms with van der Waals surface area (Å²) < 4.78 is 7.33. The topological polar surface area (TPSA) is 99.8 Å². The second-order valence-corrected chi connectivity index (χ2v) is 8.40. The lowest BCUT2D eigenvalue weighted by Gasteiger charge is -2.34. The maximum atomic E-state index is 10.9. The summed E-state index contributed by atoms with van der Waals surface area (Å²) in [4.78, 5) is 6.94. The molecule has 32 heavy (non-hydrogen) atoms. The molecule has 1 aliphatic heterocycles. The first-order chi connectivity index (χ1) is 14.8. The summed E-state index contributed by atoms with van der Waals surface area (Å²) in [7, 11) is 1.93. The maximum absolute atomic E-state index is 10.9. The highest BCUT2D eigenvalue weighted by molar-refractivity contribution is 14.0. The van der Waals surface area contributed by atoms with Gasteiger partial charge < -0.3 is 25.0 Å². The van der Waals surface area contributed by atoms with E-state index in [1.54, 1.807) is 0 Å². The minimum atomic E-state index is -0.906. The number of guanidine groups is 1. The van der Waals surface area contributed by atoms with Gasteiger partial charge in [0.2, 0.25) is 0 Å². The summed E-state index contributed by atoms with van der Waals surface area (Å²) in [5.41, 5.74) is 0.253. The number of aliphatic hydroxyl groups is 1. The van der Waals surface area contributed by atoms with Gasteiger partial charge in [-0.15, -0.1) is 34.2 Å². The van der Waals surface area contributed by atoms with Crippen molar-refractivity contribution in [3.05, 3.63) is 47.5 Å². The molecule has 0 bridgehead atoms. The van der Waals surface area contributed by atoms with E-state index in [2.05, 4.69) is 44.8 Å².